The molecule has 0 radical (unpaired) electrons. The molecule has 16 heavy (non-hydrogen) atoms. The van der Waals surface area contributed by atoms with Crippen molar-refractivity contribution in [2.75, 3.05) is 0 Å². The number of rotatable bonds is 3. The maximum atomic E-state index is 5.91. The molecule has 1 N–H and O–H groups in total. The number of hydrogen-bond donors (Lipinski definition) is 1. The predicted octanol–water partition coefficient (Wildman–Crippen LogP) is 3.73. The van der Waals surface area contributed by atoms with Crippen LogP contribution >= 0.6 is 11.6 Å². The smallest absolute Gasteiger partial charge is 0.135 e. The Kier molecular flexibility index (Phi) is 2.62. The second-order valence-corrected chi connectivity index (χ2v) is 4.85. The molecule has 1 aromatic heterocycles. The van der Waals surface area contributed by atoms with Crippen molar-refractivity contribution in [3.8, 4) is 0 Å². The summed E-state index contributed by atoms with van der Waals surface area (Å²) in [6.45, 7) is 0.888. The third kappa shape index (κ3) is 1.83. The summed E-state index contributed by atoms with van der Waals surface area (Å²) < 4.78 is 5.49. The fourth-order valence-corrected chi connectivity index (χ4v) is 2.22. The highest BCUT2D eigenvalue weighted by Crippen LogP contribution is 2.25. The minimum Gasteiger partial charge on any atom is -0.464 e. The van der Waals surface area contributed by atoms with E-state index in [0.29, 0.717) is 6.04 Å². The van der Waals surface area contributed by atoms with Gasteiger partial charge in [-0.15, -0.1) is 0 Å². The van der Waals surface area contributed by atoms with E-state index >= 15 is 0 Å². The van der Waals surface area contributed by atoms with Crippen LogP contribution in [0, 0.1) is 0 Å². The summed E-state index contributed by atoms with van der Waals surface area (Å²) in [6.07, 6.45) is 5.80. The van der Waals surface area contributed by atoms with Gasteiger partial charge in [0.1, 0.15) is 5.58 Å². The van der Waals surface area contributed by atoms with Crippen molar-refractivity contribution in [3.63, 3.8) is 0 Å². The van der Waals surface area contributed by atoms with Crippen molar-refractivity contribution in [3.05, 3.63) is 35.0 Å². The number of furan rings is 1. The lowest BCUT2D eigenvalue weighted by molar-refractivity contribution is 0.338. The van der Waals surface area contributed by atoms with E-state index in [0.717, 1.165) is 22.5 Å². The van der Waals surface area contributed by atoms with Crippen LogP contribution in [0.2, 0.25) is 5.02 Å². The zero-order chi connectivity index (χ0) is 11.0. The molecule has 3 heteroatoms. The van der Waals surface area contributed by atoms with Gasteiger partial charge in [0, 0.05) is 28.6 Å². The van der Waals surface area contributed by atoms with E-state index in [1.807, 2.05) is 24.5 Å². The molecule has 1 aromatic carbocycles. The molecule has 84 valence electrons. The minimum absolute atomic E-state index is 0.706. The SMILES string of the molecule is Clc1ccc2c(CNC3CCC3)coc2c1. The Morgan fingerprint density at radius 1 is 1.38 bits per heavy atom. The highest BCUT2D eigenvalue weighted by atomic mass is 35.5. The lowest BCUT2D eigenvalue weighted by Gasteiger charge is -2.26. The average molecular weight is 236 g/mol. The van der Waals surface area contributed by atoms with Crippen LogP contribution in [-0.2, 0) is 6.54 Å². The van der Waals surface area contributed by atoms with E-state index in [9.17, 15) is 0 Å². The molecule has 0 unspecified atom stereocenters. The molecule has 0 amide bonds. The van der Waals surface area contributed by atoms with Crippen molar-refractivity contribution in [2.45, 2.75) is 31.8 Å². The van der Waals surface area contributed by atoms with Crippen molar-refractivity contribution < 1.29 is 4.42 Å². The quantitative estimate of drug-likeness (QED) is 0.877. The summed E-state index contributed by atoms with van der Waals surface area (Å²) in [5.41, 5.74) is 2.09. The zero-order valence-electron chi connectivity index (χ0n) is 9.00. The van der Waals surface area contributed by atoms with E-state index in [1.54, 1.807) is 0 Å². The molecule has 0 aliphatic heterocycles. The van der Waals surface area contributed by atoms with E-state index in [-0.39, 0.29) is 0 Å². The maximum Gasteiger partial charge on any atom is 0.135 e. The van der Waals surface area contributed by atoms with E-state index in [1.165, 1.54) is 24.8 Å². The van der Waals surface area contributed by atoms with Crippen molar-refractivity contribution in [1.29, 1.82) is 0 Å². The van der Waals surface area contributed by atoms with Crippen molar-refractivity contribution in [1.82, 2.24) is 5.32 Å². The summed E-state index contributed by atoms with van der Waals surface area (Å²) in [6, 6.07) is 6.51. The monoisotopic (exact) mass is 235 g/mol. The van der Waals surface area contributed by atoms with Crippen molar-refractivity contribution >= 4 is 22.6 Å². The van der Waals surface area contributed by atoms with Crippen LogP contribution in [0.25, 0.3) is 11.0 Å². The topological polar surface area (TPSA) is 25.2 Å². The van der Waals surface area contributed by atoms with Gasteiger partial charge in [0.2, 0.25) is 0 Å². The maximum absolute atomic E-state index is 5.91. The first-order valence-corrected chi connectivity index (χ1v) is 6.10. The Morgan fingerprint density at radius 2 is 2.25 bits per heavy atom. The summed E-state index contributed by atoms with van der Waals surface area (Å²) in [5.74, 6) is 0. The van der Waals surface area contributed by atoms with Gasteiger partial charge in [-0.2, -0.15) is 0 Å². The number of fused-ring (bicyclic) bond motifs is 1. The lowest BCUT2D eigenvalue weighted by Crippen LogP contribution is -2.34. The van der Waals surface area contributed by atoms with Crippen LogP contribution in [-0.4, -0.2) is 6.04 Å². The Balaban J connectivity index is 1.80. The van der Waals surface area contributed by atoms with Gasteiger partial charge in [0.15, 0.2) is 0 Å². The van der Waals surface area contributed by atoms with Crippen LogP contribution < -0.4 is 5.32 Å². The second kappa shape index (κ2) is 4.11. The second-order valence-electron chi connectivity index (χ2n) is 4.41. The number of nitrogens with one attached hydrogen (secondary N) is 1. The normalized spacial score (nSPS) is 16.6. The van der Waals surface area contributed by atoms with Gasteiger partial charge in [-0.05, 0) is 31.0 Å². The molecule has 1 aliphatic rings. The standard InChI is InChI=1S/C13H14ClNO/c14-10-4-5-12-9(8-16-13(12)6-10)7-15-11-2-1-3-11/h4-6,8,11,15H,1-3,7H2. The van der Waals surface area contributed by atoms with Gasteiger partial charge >= 0.3 is 0 Å². The molecular weight excluding hydrogens is 222 g/mol. The highest BCUT2D eigenvalue weighted by molar-refractivity contribution is 6.31. The lowest BCUT2D eigenvalue weighted by atomic mass is 9.93. The van der Waals surface area contributed by atoms with Gasteiger partial charge in [-0.25, -0.2) is 0 Å². The minimum atomic E-state index is 0.706. The Hall–Kier alpha value is -0.990. The van der Waals surface area contributed by atoms with Gasteiger partial charge in [0.05, 0.1) is 6.26 Å². The van der Waals surface area contributed by atoms with E-state index in [2.05, 4.69) is 5.32 Å². The van der Waals surface area contributed by atoms with Crippen LogP contribution in [0.5, 0.6) is 0 Å². The van der Waals surface area contributed by atoms with Gasteiger partial charge in [-0.3, -0.25) is 0 Å². The van der Waals surface area contributed by atoms with E-state index in [4.69, 9.17) is 16.0 Å². The molecule has 1 saturated carbocycles. The summed E-state index contributed by atoms with van der Waals surface area (Å²) >= 11 is 5.91. The first kappa shape index (κ1) is 10.2. The summed E-state index contributed by atoms with van der Waals surface area (Å²) in [5, 5.41) is 5.42. The molecule has 0 spiro atoms. The molecule has 1 heterocycles. The molecule has 1 fully saturated rings. The van der Waals surface area contributed by atoms with Crippen LogP contribution in [0.4, 0.5) is 0 Å². The molecule has 2 aromatic rings. The third-order valence-corrected chi connectivity index (χ3v) is 3.54. The van der Waals surface area contributed by atoms with E-state index < -0.39 is 0 Å². The Bertz CT molecular complexity index is 502. The Labute approximate surface area is 99.6 Å². The molecule has 0 bridgehead atoms. The van der Waals surface area contributed by atoms with Crippen LogP contribution in [0.15, 0.2) is 28.9 Å². The van der Waals surface area contributed by atoms with Gasteiger partial charge in [0.25, 0.3) is 0 Å². The Morgan fingerprint density at radius 3 is 3.00 bits per heavy atom. The van der Waals surface area contributed by atoms with Crippen LogP contribution in [0.3, 0.4) is 0 Å². The fourth-order valence-electron chi connectivity index (χ4n) is 2.06. The largest absolute Gasteiger partial charge is 0.464 e. The summed E-state index contributed by atoms with van der Waals surface area (Å²) in [7, 11) is 0. The first-order valence-electron chi connectivity index (χ1n) is 5.72. The average Bonchev–Trinajstić information content (AvgIpc) is 2.58. The molecule has 2 nitrogen and oxygen atoms in total. The number of hydrogen-bond acceptors (Lipinski definition) is 2. The number of halogens is 1. The molecule has 3 rings (SSSR count). The highest BCUT2D eigenvalue weighted by Gasteiger charge is 2.17. The number of benzene rings is 1. The molecule has 1 aliphatic carbocycles. The van der Waals surface area contributed by atoms with Crippen LogP contribution in [0.1, 0.15) is 24.8 Å². The summed E-state index contributed by atoms with van der Waals surface area (Å²) in [4.78, 5) is 0. The first-order chi connectivity index (χ1) is 7.83. The molecule has 0 atom stereocenters. The molecule has 0 saturated heterocycles. The van der Waals surface area contributed by atoms with Crippen molar-refractivity contribution in [2.24, 2.45) is 0 Å². The van der Waals surface area contributed by atoms with Gasteiger partial charge in [-0.1, -0.05) is 18.0 Å². The zero-order valence-corrected chi connectivity index (χ0v) is 9.76. The fraction of sp³-hybridized carbons (Fsp3) is 0.385. The van der Waals surface area contributed by atoms with Gasteiger partial charge < -0.3 is 9.73 Å². The predicted molar refractivity (Wildman–Crippen MR) is 65.7 cm³/mol. The third-order valence-electron chi connectivity index (χ3n) is 3.30. The molecular formula is C13H14ClNO.